The number of aryl methyl sites for hydroxylation is 2. The molecule has 0 aliphatic heterocycles. The van der Waals surface area contributed by atoms with Crippen LogP contribution in [0.5, 0.6) is 0 Å². The van der Waals surface area contributed by atoms with Gasteiger partial charge in [0.05, 0.1) is 22.7 Å². The first-order valence-corrected chi connectivity index (χ1v) is 11.3. The van der Waals surface area contributed by atoms with E-state index in [0.717, 1.165) is 28.1 Å². The minimum absolute atomic E-state index is 0.0143. The van der Waals surface area contributed by atoms with Crippen molar-refractivity contribution in [3.8, 4) is 6.07 Å². The largest absolute Gasteiger partial charge is 0.281 e. The third kappa shape index (κ3) is 3.20. The molecule has 0 saturated carbocycles. The third-order valence-electron chi connectivity index (χ3n) is 5.22. The van der Waals surface area contributed by atoms with Crippen LogP contribution in [0, 0.1) is 11.3 Å². The first kappa shape index (κ1) is 18.3. The molecule has 0 radical (unpaired) electrons. The number of rotatable bonds is 4. The first-order chi connectivity index (χ1) is 14.3. The molecule has 29 heavy (non-hydrogen) atoms. The molecule has 1 aliphatic carbocycles. The van der Waals surface area contributed by atoms with Crippen molar-refractivity contribution in [1.29, 1.82) is 5.26 Å². The number of hydrogen-bond acceptors (Lipinski definition) is 7. The van der Waals surface area contributed by atoms with Crippen molar-refractivity contribution in [3.05, 3.63) is 57.2 Å². The molecule has 1 aliphatic rings. The number of fused-ring (bicyclic) bond motifs is 4. The van der Waals surface area contributed by atoms with E-state index in [0.29, 0.717) is 22.5 Å². The summed E-state index contributed by atoms with van der Waals surface area (Å²) in [5.41, 5.74) is 1.87. The van der Waals surface area contributed by atoms with Gasteiger partial charge in [-0.1, -0.05) is 23.9 Å². The Balaban J connectivity index is 1.56. The number of para-hydroxylation sites is 1. The molecule has 0 N–H and O–H groups in total. The van der Waals surface area contributed by atoms with Gasteiger partial charge in [-0.15, -0.1) is 11.3 Å². The molecule has 144 valence electrons. The summed E-state index contributed by atoms with van der Waals surface area (Å²) in [6.07, 6.45) is 6.24. The second-order valence-electron chi connectivity index (χ2n) is 6.95. The lowest BCUT2D eigenvalue weighted by Crippen LogP contribution is -2.24. The van der Waals surface area contributed by atoms with Gasteiger partial charge in [-0.2, -0.15) is 5.26 Å². The topological polar surface area (TPSA) is 84.5 Å². The van der Waals surface area contributed by atoms with E-state index in [9.17, 15) is 10.1 Å². The van der Waals surface area contributed by atoms with E-state index in [1.165, 1.54) is 27.8 Å². The zero-order valence-electron chi connectivity index (χ0n) is 15.6. The minimum Gasteiger partial charge on any atom is -0.281 e. The highest BCUT2D eigenvalue weighted by Crippen LogP contribution is 2.39. The van der Waals surface area contributed by atoms with E-state index in [1.807, 2.05) is 18.2 Å². The van der Waals surface area contributed by atoms with Crippen LogP contribution in [-0.4, -0.2) is 19.5 Å². The highest BCUT2D eigenvalue weighted by Gasteiger charge is 2.20. The SMILES string of the molecule is N#CCn1c(CSc2ncnc3sc4c(c23)CCCC4)nc2ccccc2c1=O. The molecule has 6 nitrogen and oxygen atoms in total. The lowest BCUT2D eigenvalue weighted by molar-refractivity contribution is 0.699. The maximum atomic E-state index is 12.9. The molecule has 0 amide bonds. The quantitative estimate of drug-likeness (QED) is 0.366. The van der Waals surface area contributed by atoms with Gasteiger partial charge in [0.1, 0.15) is 28.6 Å². The average molecular weight is 420 g/mol. The summed E-state index contributed by atoms with van der Waals surface area (Å²) < 4.78 is 1.47. The van der Waals surface area contributed by atoms with Crippen LogP contribution < -0.4 is 5.56 Å². The van der Waals surface area contributed by atoms with Crippen molar-refractivity contribution in [3.63, 3.8) is 0 Å². The fraction of sp³-hybridized carbons (Fsp3) is 0.286. The van der Waals surface area contributed by atoms with Crippen molar-refractivity contribution in [2.45, 2.75) is 43.0 Å². The molecule has 3 heterocycles. The Bertz CT molecular complexity index is 1330. The van der Waals surface area contributed by atoms with Crippen molar-refractivity contribution in [1.82, 2.24) is 19.5 Å². The fourth-order valence-electron chi connectivity index (χ4n) is 3.86. The van der Waals surface area contributed by atoms with Crippen LogP contribution in [0.2, 0.25) is 0 Å². The lowest BCUT2D eigenvalue weighted by Gasteiger charge is -2.12. The zero-order valence-corrected chi connectivity index (χ0v) is 17.2. The summed E-state index contributed by atoms with van der Waals surface area (Å²) >= 11 is 3.33. The van der Waals surface area contributed by atoms with Crippen molar-refractivity contribution in [2.24, 2.45) is 0 Å². The van der Waals surface area contributed by atoms with Crippen LogP contribution >= 0.6 is 23.1 Å². The van der Waals surface area contributed by atoms with Gasteiger partial charge in [0.15, 0.2) is 0 Å². The average Bonchev–Trinajstić information content (AvgIpc) is 3.14. The predicted octanol–water partition coefficient (Wildman–Crippen LogP) is 4.10. The molecule has 0 atom stereocenters. The van der Waals surface area contributed by atoms with E-state index in [4.69, 9.17) is 0 Å². The normalized spacial score (nSPS) is 13.5. The summed E-state index contributed by atoms with van der Waals surface area (Å²) in [6, 6.07) is 9.35. The van der Waals surface area contributed by atoms with Crippen molar-refractivity contribution in [2.75, 3.05) is 0 Å². The van der Waals surface area contributed by atoms with E-state index >= 15 is 0 Å². The Hall–Kier alpha value is -2.76. The van der Waals surface area contributed by atoms with Gasteiger partial charge in [0.25, 0.3) is 5.56 Å². The lowest BCUT2D eigenvalue weighted by atomic mass is 9.97. The molecule has 0 unspecified atom stereocenters. The monoisotopic (exact) mass is 419 g/mol. The van der Waals surface area contributed by atoms with Gasteiger partial charge >= 0.3 is 0 Å². The smallest absolute Gasteiger partial charge is 0.262 e. The molecule has 0 saturated heterocycles. The van der Waals surface area contributed by atoms with E-state index in [2.05, 4.69) is 21.0 Å². The van der Waals surface area contributed by atoms with Crippen LogP contribution in [0.15, 0.2) is 40.4 Å². The van der Waals surface area contributed by atoms with Gasteiger partial charge in [-0.3, -0.25) is 9.36 Å². The van der Waals surface area contributed by atoms with Crippen LogP contribution in [-0.2, 0) is 25.1 Å². The van der Waals surface area contributed by atoms with Crippen molar-refractivity contribution < 1.29 is 0 Å². The summed E-state index contributed by atoms with van der Waals surface area (Å²) in [7, 11) is 0. The van der Waals surface area contributed by atoms with Gasteiger partial charge < -0.3 is 0 Å². The number of thiophene rings is 1. The zero-order chi connectivity index (χ0) is 19.8. The second-order valence-corrected chi connectivity index (χ2v) is 9.00. The third-order valence-corrected chi connectivity index (χ3v) is 7.41. The number of hydrogen-bond donors (Lipinski definition) is 0. The molecule has 3 aromatic heterocycles. The molecule has 0 spiro atoms. The predicted molar refractivity (Wildman–Crippen MR) is 115 cm³/mol. The molecule has 4 aromatic rings. The van der Waals surface area contributed by atoms with E-state index in [1.54, 1.807) is 35.5 Å². The number of benzene rings is 1. The molecule has 5 rings (SSSR count). The molecule has 0 fully saturated rings. The van der Waals surface area contributed by atoms with Gasteiger partial charge in [0.2, 0.25) is 0 Å². The summed E-state index contributed by atoms with van der Waals surface area (Å²) in [4.78, 5) is 29.0. The number of aromatic nitrogens is 4. The van der Waals surface area contributed by atoms with Gasteiger partial charge in [-0.05, 0) is 43.4 Å². The van der Waals surface area contributed by atoms with E-state index in [-0.39, 0.29) is 12.1 Å². The second kappa shape index (κ2) is 7.58. The summed E-state index contributed by atoms with van der Waals surface area (Å²) in [6.45, 7) is -0.0143. The maximum absolute atomic E-state index is 12.9. The Morgan fingerprint density at radius 2 is 2.07 bits per heavy atom. The van der Waals surface area contributed by atoms with Gasteiger partial charge in [0, 0.05) is 10.3 Å². The van der Waals surface area contributed by atoms with Crippen LogP contribution in [0.25, 0.3) is 21.1 Å². The Morgan fingerprint density at radius 3 is 2.97 bits per heavy atom. The maximum Gasteiger partial charge on any atom is 0.262 e. The summed E-state index contributed by atoms with van der Waals surface area (Å²) in [5.74, 6) is 1.06. The Morgan fingerprint density at radius 1 is 1.21 bits per heavy atom. The molecule has 0 bridgehead atoms. The van der Waals surface area contributed by atoms with E-state index < -0.39 is 0 Å². The van der Waals surface area contributed by atoms with Gasteiger partial charge in [-0.25, -0.2) is 15.0 Å². The highest BCUT2D eigenvalue weighted by molar-refractivity contribution is 7.98. The standard InChI is InChI=1S/C21H17N5OS2/c22-9-10-26-17(25-15-7-3-1-5-13(15)21(26)27)11-28-19-18-14-6-2-4-8-16(14)29-20(18)24-12-23-19/h1,3,5,7,12H,2,4,6,8,10-11H2. The number of nitrogens with zero attached hydrogens (tertiary/aromatic N) is 5. The van der Waals surface area contributed by atoms with Crippen LogP contribution in [0.4, 0.5) is 0 Å². The molecule has 1 aromatic carbocycles. The number of nitriles is 1. The van der Waals surface area contributed by atoms with Crippen LogP contribution in [0.3, 0.4) is 0 Å². The van der Waals surface area contributed by atoms with Crippen molar-refractivity contribution >= 4 is 44.2 Å². The minimum atomic E-state index is -0.173. The highest BCUT2D eigenvalue weighted by atomic mass is 32.2. The fourth-order valence-corrected chi connectivity index (χ4v) is 6.13. The molecular formula is C21H17N5OS2. The summed E-state index contributed by atoms with van der Waals surface area (Å²) in [5, 5.41) is 11.8. The molecule has 8 heteroatoms. The molecular weight excluding hydrogens is 402 g/mol. The Kier molecular flexibility index (Phi) is 4.78. The van der Waals surface area contributed by atoms with Crippen LogP contribution in [0.1, 0.15) is 29.1 Å². The first-order valence-electron chi connectivity index (χ1n) is 9.49. The Labute approximate surface area is 175 Å². The number of thioether (sulfide) groups is 1.